The number of carboxylic acids is 1. The summed E-state index contributed by atoms with van der Waals surface area (Å²) in [4.78, 5) is 10.9. The van der Waals surface area contributed by atoms with Gasteiger partial charge in [-0.25, -0.2) is 4.79 Å². The fraction of sp³-hybridized carbons (Fsp3) is 0.364. The number of aromatic carboxylic acids is 1. The van der Waals surface area contributed by atoms with Gasteiger partial charge in [0.25, 0.3) is 0 Å². The lowest BCUT2D eigenvalue weighted by Crippen LogP contribution is -2.13. The zero-order valence-electron chi connectivity index (χ0n) is 8.57. The van der Waals surface area contributed by atoms with Crippen LogP contribution in [-0.2, 0) is 0 Å². The molecule has 2 N–H and O–H groups in total. The number of halogens is 2. The Balaban J connectivity index is 0.00000128. The zero-order valence-corrected chi connectivity index (χ0v) is 10.1. The summed E-state index contributed by atoms with van der Waals surface area (Å²) in [5, 5.41) is 12.5. The molecule has 1 fully saturated rings. The minimum atomic E-state index is -0.972. The molecule has 3 nitrogen and oxygen atoms in total. The van der Waals surface area contributed by atoms with Gasteiger partial charge >= 0.3 is 5.97 Å². The molecule has 1 saturated heterocycles. The van der Waals surface area contributed by atoms with Crippen molar-refractivity contribution in [2.75, 3.05) is 6.54 Å². The number of carbonyl (C=O) groups is 1. The van der Waals surface area contributed by atoms with E-state index in [2.05, 4.69) is 5.32 Å². The van der Waals surface area contributed by atoms with Gasteiger partial charge in [0.15, 0.2) is 0 Å². The molecule has 0 bridgehead atoms. The highest BCUT2D eigenvalue weighted by Crippen LogP contribution is 2.26. The topological polar surface area (TPSA) is 49.3 Å². The second-order valence-electron chi connectivity index (χ2n) is 3.69. The highest BCUT2D eigenvalue weighted by Gasteiger charge is 2.18. The smallest absolute Gasteiger partial charge is 0.337 e. The maximum atomic E-state index is 10.9. The van der Waals surface area contributed by atoms with Crippen LogP contribution in [0.1, 0.15) is 34.8 Å². The molecule has 0 saturated carbocycles. The normalized spacial score (nSPS) is 19.2. The Kier molecular flexibility index (Phi) is 4.59. The van der Waals surface area contributed by atoms with E-state index in [9.17, 15) is 4.79 Å². The van der Waals surface area contributed by atoms with Crippen LogP contribution in [0.4, 0.5) is 0 Å². The Morgan fingerprint density at radius 1 is 1.50 bits per heavy atom. The third kappa shape index (κ3) is 2.67. The number of carboxylic acid groups (broad SMARTS) is 1. The van der Waals surface area contributed by atoms with Gasteiger partial charge in [-0.1, -0.05) is 17.7 Å². The lowest BCUT2D eigenvalue weighted by molar-refractivity contribution is 0.0697. The van der Waals surface area contributed by atoms with Crippen LogP contribution in [0.5, 0.6) is 0 Å². The van der Waals surface area contributed by atoms with Gasteiger partial charge in [-0.2, -0.15) is 0 Å². The summed E-state index contributed by atoms with van der Waals surface area (Å²) in [5.41, 5.74) is 1.19. The average molecular weight is 262 g/mol. The largest absolute Gasteiger partial charge is 0.478 e. The molecule has 0 aliphatic carbocycles. The molecule has 0 unspecified atom stereocenters. The molecule has 1 aliphatic rings. The molecule has 0 spiro atoms. The standard InChI is InChI=1S/C11H12ClNO2.ClH/c12-9-4-3-7(6-8(9)11(14)15)10-2-1-5-13-10;/h3-4,6,10,13H,1-2,5H2,(H,14,15);1H/t10-;/m0./s1. The minimum absolute atomic E-state index is 0. The molecule has 0 amide bonds. The van der Waals surface area contributed by atoms with Gasteiger partial charge in [0.1, 0.15) is 0 Å². The predicted molar refractivity (Wildman–Crippen MR) is 65.6 cm³/mol. The van der Waals surface area contributed by atoms with Crippen molar-refractivity contribution in [1.29, 1.82) is 0 Å². The molecule has 0 radical (unpaired) electrons. The summed E-state index contributed by atoms with van der Waals surface area (Å²) in [6.45, 7) is 0.996. The summed E-state index contributed by atoms with van der Waals surface area (Å²) in [6.07, 6.45) is 2.19. The summed E-state index contributed by atoms with van der Waals surface area (Å²) >= 11 is 5.80. The second kappa shape index (κ2) is 5.53. The summed E-state index contributed by atoms with van der Waals surface area (Å²) in [7, 11) is 0. The minimum Gasteiger partial charge on any atom is -0.478 e. The van der Waals surface area contributed by atoms with Gasteiger partial charge in [-0.05, 0) is 37.1 Å². The zero-order chi connectivity index (χ0) is 10.8. The third-order valence-electron chi connectivity index (χ3n) is 2.68. The highest BCUT2D eigenvalue weighted by molar-refractivity contribution is 6.33. The number of hydrogen-bond acceptors (Lipinski definition) is 2. The number of nitrogens with one attached hydrogen (secondary N) is 1. The third-order valence-corrected chi connectivity index (χ3v) is 3.01. The van der Waals surface area contributed by atoms with Crippen LogP contribution >= 0.6 is 24.0 Å². The Morgan fingerprint density at radius 2 is 2.25 bits per heavy atom. The maximum absolute atomic E-state index is 10.9. The SMILES string of the molecule is Cl.O=C(O)c1cc([C@@H]2CCCN2)ccc1Cl. The van der Waals surface area contributed by atoms with Crippen LogP contribution in [0.25, 0.3) is 0 Å². The molecular weight excluding hydrogens is 249 g/mol. The first-order chi connectivity index (χ1) is 7.18. The molecule has 2 rings (SSSR count). The number of hydrogen-bond donors (Lipinski definition) is 2. The van der Waals surface area contributed by atoms with E-state index in [0.717, 1.165) is 24.9 Å². The quantitative estimate of drug-likeness (QED) is 0.861. The van der Waals surface area contributed by atoms with E-state index in [-0.39, 0.29) is 24.0 Å². The highest BCUT2D eigenvalue weighted by atomic mass is 35.5. The molecule has 1 aliphatic heterocycles. The second-order valence-corrected chi connectivity index (χ2v) is 4.10. The molecule has 0 aromatic heterocycles. The molecule has 1 heterocycles. The van der Waals surface area contributed by atoms with E-state index in [1.807, 2.05) is 6.07 Å². The number of benzene rings is 1. The van der Waals surface area contributed by atoms with Crippen molar-refractivity contribution in [3.63, 3.8) is 0 Å². The fourth-order valence-corrected chi connectivity index (χ4v) is 2.09. The monoisotopic (exact) mass is 261 g/mol. The Morgan fingerprint density at radius 3 is 2.81 bits per heavy atom. The van der Waals surface area contributed by atoms with Crippen LogP contribution in [-0.4, -0.2) is 17.6 Å². The Labute approximate surface area is 105 Å². The van der Waals surface area contributed by atoms with Crippen molar-refractivity contribution < 1.29 is 9.90 Å². The van der Waals surface area contributed by atoms with Gasteiger partial charge in [-0.15, -0.1) is 12.4 Å². The summed E-state index contributed by atoms with van der Waals surface area (Å²) < 4.78 is 0. The molecule has 1 atom stereocenters. The van der Waals surface area contributed by atoms with Crippen LogP contribution in [0, 0.1) is 0 Å². The van der Waals surface area contributed by atoms with E-state index in [1.54, 1.807) is 12.1 Å². The Bertz CT molecular complexity index is 390. The van der Waals surface area contributed by atoms with Gasteiger partial charge < -0.3 is 10.4 Å². The van der Waals surface area contributed by atoms with Crippen LogP contribution in [0.15, 0.2) is 18.2 Å². The summed E-state index contributed by atoms with van der Waals surface area (Å²) in [6, 6.07) is 5.48. The lowest BCUT2D eigenvalue weighted by Gasteiger charge is -2.11. The molecule has 88 valence electrons. The van der Waals surface area contributed by atoms with Crippen molar-refractivity contribution >= 4 is 30.0 Å². The van der Waals surface area contributed by atoms with E-state index < -0.39 is 5.97 Å². The van der Waals surface area contributed by atoms with Crippen LogP contribution < -0.4 is 5.32 Å². The molecule has 16 heavy (non-hydrogen) atoms. The van der Waals surface area contributed by atoms with E-state index in [1.165, 1.54) is 0 Å². The van der Waals surface area contributed by atoms with E-state index >= 15 is 0 Å². The van der Waals surface area contributed by atoms with Gasteiger partial charge in [0, 0.05) is 6.04 Å². The molecule has 5 heteroatoms. The van der Waals surface area contributed by atoms with Crippen molar-refractivity contribution in [2.24, 2.45) is 0 Å². The first-order valence-electron chi connectivity index (χ1n) is 4.94. The first-order valence-corrected chi connectivity index (χ1v) is 5.32. The molecule has 1 aromatic rings. The van der Waals surface area contributed by atoms with Crippen molar-refractivity contribution in [1.82, 2.24) is 5.32 Å². The first kappa shape index (κ1) is 13.3. The molecule has 1 aromatic carbocycles. The average Bonchev–Trinajstić information content (AvgIpc) is 2.71. The van der Waals surface area contributed by atoms with Crippen molar-refractivity contribution in [3.8, 4) is 0 Å². The maximum Gasteiger partial charge on any atom is 0.337 e. The van der Waals surface area contributed by atoms with Gasteiger partial charge in [-0.3, -0.25) is 0 Å². The van der Waals surface area contributed by atoms with Crippen LogP contribution in [0.3, 0.4) is 0 Å². The predicted octanol–water partition coefficient (Wildman–Crippen LogP) is 2.88. The van der Waals surface area contributed by atoms with Crippen LogP contribution in [0.2, 0.25) is 5.02 Å². The Hall–Kier alpha value is -0.770. The van der Waals surface area contributed by atoms with Gasteiger partial charge in [0.05, 0.1) is 10.6 Å². The van der Waals surface area contributed by atoms with Gasteiger partial charge in [0.2, 0.25) is 0 Å². The summed E-state index contributed by atoms with van der Waals surface area (Å²) in [5.74, 6) is -0.972. The van der Waals surface area contributed by atoms with Crippen molar-refractivity contribution in [2.45, 2.75) is 18.9 Å². The lowest BCUT2D eigenvalue weighted by atomic mass is 10.0. The van der Waals surface area contributed by atoms with E-state index in [0.29, 0.717) is 5.02 Å². The number of rotatable bonds is 2. The van der Waals surface area contributed by atoms with Crippen molar-refractivity contribution in [3.05, 3.63) is 34.3 Å². The molecular formula is C11H13Cl2NO2. The fourth-order valence-electron chi connectivity index (χ4n) is 1.89. The van der Waals surface area contributed by atoms with E-state index in [4.69, 9.17) is 16.7 Å².